The van der Waals surface area contributed by atoms with Crippen molar-refractivity contribution in [2.75, 3.05) is 31.1 Å². The highest BCUT2D eigenvalue weighted by Gasteiger charge is 2.38. The average molecular weight is 593 g/mol. The van der Waals surface area contributed by atoms with Crippen LogP contribution in [-0.4, -0.2) is 82.7 Å². The van der Waals surface area contributed by atoms with Crippen molar-refractivity contribution in [2.45, 2.75) is 50.5 Å². The highest BCUT2D eigenvalue weighted by atomic mass is 32.2. The molecule has 2 aromatic carbocycles. The highest BCUT2D eigenvalue weighted by Crippen LogP contribution is 2.24. The number of hydrogen-bond acceptors (Lipinski definition) is 6. The van der Waals surface area contributed by atoms with Gasteiger partial charge in [-0.1, -0.05) is 48.5 Å². The molecule has 0 aromatic heterocycles. The third-order valence-electron chi connectivity index (χ3n) is 6.90. The predicted molar refractivity (Wildman–Crippen MR) is 151 cm³/mol. The number of carbonyl (C=O) groups excluding carboxylic acids is 4. The van der Waals surface area contributed by atoms with Crippen LogP contribution >= 0.6 is 11.8 Å². The number of nitrogens with two attached hydrogens (primary N) is 1. The second-order valence-electron chi connectivity index (χ2n) is 9.88. The first-order valence-electron chi connectivity index (χ1n) is 13.4. The molecule has 1 atom stereocenters. The topological polar surface area (TPSA) is 113 Å². The maximum atomic E-state index is 13.5. The van der Waals surface area contributed by atoms with Gasteiger partial charge in [0, 0.05) is 31.2 Å². The van der Waals surface area contributed by atoms with Crippen LogP contribution < -0.4 is 11.1 Å². The summed E-state index contributed by atoms with van der Waals surface area (Å²) in [6.07, 6.45) is -3.30. The number of thioether (sulfide) groups is 1. The number of alkyl halides is 3. The number of primary amides is 1. The van der Waals surface area contributed by atoms with Crippen molar-refractivity contribution in [1.29, 1.82) is 0 Å². The van der Waals surface area contributed by atoms with E-state index in [0.29, 0.717) is 31.5 Å². The standard InChI is InChI=1S/C29H35F3N4O4S/c30-29(31,32)25(37)20-41-17-7-12-24(27(33)39)36(26(38)18-34-28(40)22-10-5-2-6-11-22)23-13-15-35(16-14-23)19-21-8-3-1-4-9-21/h1-6,8-11,23-24H,7,12-20H2,(H2,33,39)(H,34,40)/t24-/m0/s1. The molecule has 1 aliphatic heterocycles. The van der Waals surface area contributed by atoms with Gasteiger partial charge >= 0.3 is 6.18 Å². The van der Waals surface area contributed by atoms with Crippen molar-refractivity contribution in [2.24, 2.45) is 5.73 Å². The average Bonchev–Trinajstić information content (AvgIpc) is 2.96. The van der Waals surface area contributed by atoms with Gasteiger partial charge in [-0.3, -0.25) is 24.1 Å². The van der Waals surface area contributed by atoms with Crippen molar-refractivity contribution in [1.82, 2.24) is 15.1 Å². The van der Waals surface area contributed by atoms with Crippen LogP contribution in [0.4, 0.5) is 13.2 Å². The Morgan fingerprint density at radius 3 is 2.20 bits per heavy atom. The molecule has 8 nitrogen and oxygen atoms in total. The van der Waals surface area contributed by atoms with Crippen molar-refractivity contribution < 1.29 is 32.3 Å². The minimum Gasteiger partial charge on any atom is -0.368 e. The maximum Gasteiger partial charge on any atom is 0.450 e. The van der Waals surface area contributed by atoms with Crippen LogP contribution in [0.1, 0.15) is 41.6 Å². The second-order valence-corrected chi connectivity index (χ2v) is 11.0. The number of benzene rings is 2. The summed E-state index contributed by atoms with van der Waals surface area (Å²) in [6.45, 7) is 1.78. The van der Waals surface area contributed by atoms with Gasteiger partial charge in [0.2, 0.25) is 17.6 Å². The Kier molecular flexibility index (Phi) is 12.2. The van der Waals surface area contributed by atoms with E-state index in [-0.39, 0.29) is 31.2 Å². The summed E-state index contributed by atoms with van der Waals surface area (Å²) in [6, 6.07) is 17.1. The van der Waals surface area contributed by atoms with Gasteiger partial charge in [0.1, 0.15) is 6.04 Å². The molecule has 2 aromatic rings. The molecule has 3 amide bonds. The fourth-order valence-electron chi connectivity index (χ4n) is 4.81. The number of amides is 3. The molecular formula is C29H35F3N4O4S. The first kappa shape index (κ1) is 32.1. The molecule has 3 rings (SSSR count). The van der Waals surface area contributed by atoms with Gasteiger partial charge in [-0.05, 0) is 49.1 Å². The van der Waals surface area contributed by atoms with Crippen LogP contribution in [0, 0.1) is 0 Å². The minimum atomic E-state index is -4.88. The molecule has 1 fully saturated rings. The Morgan fingerprint density at radius 1 is 1.00 bits per heavy atom. The number of halogens is 3. The zero-order valence-electron chi connectivity index (χ0n) is 22.6. The quantitative estimate of drug-likeness (QED) is 0.325. The summed E-state index contributed by atoms with van der Waals surface area (Å²) >= 11 is 0.822. The number of hydrogen-bond donors (Lipinski definition) is 2. The summed E-state index contributed by atoms with van der Waals surface area (Å²) < 4.78 is 37.4. The lowest BCUT2D eigenvalue weighted by molar-refractivity contribution is -0.167. The summed E-state index contributed by atoms with van der Waals surface area (Å²) in [5.41, 5.74) is 7.29. The first-order chi connectivity index (χ1) is 19.6. The predicted octanol–water partition coefficient (Wildman–Crippen LogP) is 3.41. The van der Waals surface area contributed by atoms with Gasteiger partial charge in [0.15, 0.2) is 0 Å². The summed E-state index contributed by atoms with van der Waals surface area (Å²) in [5, 5.41) is 2.62. The van der Waals surface area contributed by atoms with Crippen LogP contribution in [0.25, 0.3) is 0 Å². The molecule has 1 heterocycles. The Balaban J connectivity index is 1.65. The molecule has 3 N–H and O–H groups in total. The summed E-state index contributed by atoms with van der Waals surface area (Å²) in [7, 11) is 0. The van der Waals surface area contributed by atoms with Crippen molar-refractivity contribution in [3.63, 3.8) is 0 Å². The van der Waals surface area contributed by atoms with Gasteiger partial charge in [-0.2, -0.15) is 24.9 Å². The van der Waals surface area contributed by atoms with E-state index in [1.165, 1.54) is 10.5 Å². The van der Waals surface area contributed by atoms with E-state index in [1.54, 1.807) is 30.3 Å². The van der Waals surface area contributed by atoms with Crippen molar-refractivity contribution >= 4 is 35.3 Å². The molecule has 0 radical (unpaired) electrons. The third kappa shape index (κ3) is 10.2. The molecule has 12 heteroatoms. The second kappa shape index (κ2) is 15.6. The molecule has 0 bridgehead atoms. The fourth-order valence-corrected chi connectivity index (χ4v) is 5.68. The van der Waals surface area contributed by atoms with Crippen LogP contribution in [-0.2, 0) is 20.9 Å². The van der Waals surface area contributed by atoms with Gasteiger partial charge < -0.3 is 16.0 Å². The third-order valence-corrected chi connectivity index (χ3v) is 7.95. The molecular weight excluding hydrogens is 557 g/mol. The van der Waals surface area contributed by atoms with Crippen molar-refractivity contribution in [3.8, 4) is 0 Å². The number of likely N-dealkylation sites (tertiary alicyclic amines) is 1. The lowest BCUT2D eigenvalue weighted by Gasteiger charge is -2.41. The zero-order valence-corrected chi connectivity index (χ0v) is 23.5. The van der Waals surface area contributed by atoms with E-state index >= 15 is 0 Å². The molecule has 0 spiro atoms. The number of carbonyl (C=O) groups is 4. The summed E-state index contributed by atoms with van der Waals surface area (Å²) in [5.74, 6) is -3.96. The summed E-state index contributed by atoms with van der Waals surface area (Å²) in [4.78, 5) is 53.5. The minimum absolute atomic E-state index is 0.130. The first-order valence-corrected chi connectivity index (χ1v) is 14.6. The number of piperidine rings is 1. The smallest absolute Gasteiger partial charge is 0.368 e. The van der Waals surface area contributed by atoms with Gasteiger partial charge in [-0.15, -0.1) is 0 Å². The molecule has 1 saturated heterocycles. The van der Waals surface area contributed by atoms with E-state index in [1.807, 2.05) is 30.3 Å². The number of ketones is 1. The monoisotopic (exact) mass is 592 g/mol. The number of nitrogens with zero attached hydrogens (tertiary/aromatic N) is 2. The van der Waals surface area contributed by atoms with Gasteiger partial charge in [0.25, 0.3) is 5.91 Å². The molecule has 222 valence electrons. The Labute approximate surface area is 241 Å². The van der Waals surface area contributed by atoms with Crippen LogP contribution in [0.3, 0.4) is 0 Å². The molecule has 1 aliphatic rings. The molecule has 0 unspecified atom stereocenters. The van der Waals surface area contributed by atoms with Crippen molar-refractivity contribution in [3.05, 3.63) is 71.8 Å². The van der Waals surface area contributed by atoms with E-state index in [2.05, 4.69) is 10.2 Å². The molecule has 0 saturated carbocycles. The SMILES string of the molecule is NC(=O)[C@H](CCCSCC(=O)C(F)(F)F)N(C(=O)CNC(=O)c1ccccc1)C1CCN(Cc2ccccc2)CC1. The van der Waals surface area contributed by atoms with Crippen LogP contribution in [0.5, 0.6) is 0 Å². The van der Waals surface area contributed by atoms with Crippen LogP contribution in [0.2, 0.25) is 0 Å². The Morgan fingerprint density at radius 2 is 1.61 bits per heavy atom. The van der Waals surface area contributed by atoms with E-state index in [9.17, 15) is 32.3 Å². The van der Waals surface area contributed by atoms with Crippen LogP contribution in [0.15, 0.2) is 60.7 Å². The Bertz CT molecular complexity index is 1160. The van der Waals surface area contributed by atoms with E-state index in [0.717, 1.165) is 18.3 Å². The van der Waals surface area contributed by atoms with Gasteiger partial charge in [0.05, 0.1) is 12.3 Å². The van der Waals surface area contributed by atoms with Gasteiger partial charge in [-0.25, -0.2) is 0 Å². The number of Topliss-reactive ketones (excluding diaryl/α,β-unsaturated/α-hetero) is 1. The highest BCUT2D eigenvalue weighted by molar-refractivity contribution is 7.99. The number of rotatable bonds is 14. The van der Waals surface area contributed by atoms with E-state index < -0.39 is 41.5 Å². The molecule has 41 heavy (non-hydrogen) atoms. The number of nitrogens with one attached hydrogen (secondary N) is 1. The van der Waals surface area contributed by atoms with E-state index in [4.69, 9.17) is 5.73 Å². The Hall–Kier alpha value is -3.38. The normalized spacial score (nSPS) is 15.2. The lowest BCUT2D eigenvalue weighted by atomic mass is 9.98. The fraction of sp³-hybridized carbons (Fsp3) is 0.448. The largest absolute Gasteiger partial charge is 0.450 e. The zero-order chi connectivity index (χ0) is 29.8. The molecule has 0 aliphatic carbocycles. The lowest BCUT2D eigenvalue weighted by Crippen LogP contribution is -2.57. The maximum absolute atomic E-state index is 13.5.